The maximum atomic E-state index is 10.3. The van der Waals surface area contributed by atoms with Gasteiger partial charge in [0.15, 0.2) is 0 Å². The zero-order valence-electron chi connectivity index (χ0n) is 18.1. The van der Waals surface area contributed by atoms with Crippen LogP contribution in [0.2, 0.25) is 0 Å². The van der Waals surface area contributed by atoms with E-state index in [4.69, 9.17) is 15.3 Å². The van der Waals surface area contributed by atoms with Gasteiger partial charge in [-0.25, -0.2) is 14.4 Å². The van der Waals surface area contributed by atoms with Crippen molar-refractivity contribution in [3.63, 3.8) is 0 Å². The molecule has 0 rings (SSSR count). The van der Waals surface area contributed by atoms with Crippen molar-refractivity contribution in [3.8, 4) is 0 Å². The first-order valence-corrected chi connectivity index (χ1v) is 8.54. The second-order valence-corrected chi connectivity index (χ2v) is 8.42. The molecule has 0 amide bonds. The van der Waals surface area contributed by atoms with Crippen LogP contribution in [-0.2, 0) is 14.4 Å². The second kappa shape index (κ2) is 12.9. The fourth-order valence-corrected chi connectivity index (χ4v) is 1.55. The molecular formula is C21H36O6. The average Bonchev–Trinajstić information content (AvgIpc) is 2.43. The number of carboxylic acid groups (broad SMARTS) is 3. The Labute approximate surface area is 163 Å². The molecule has 0 aliphatic heterocycles. The van der Waals surface area contributed by atoms with Gasteiger partial charge in [0.25, 0.3) is 0 Å². The first-order valence-electron chi connectivity index (χ1n) is 8.54. The summed E-state index contributed by atoms with van der Waals surface area (Å²) in [6.07, 6.45) is 3.85. The Bertz CT molecular complexity index is 581. The van der Waals surface area contributed by atoms with Crippen LogP contribution in [0, 0.1) is 10.8 Å². The molecule has 6 heteroatoms. The summed E-state index contributed by atoms with van der Waals surface area (Å²) in [5.41, 5.74) is 1.07. The minimum absolute atomic E-state index is 0.0233. The van der Waals surface area contributed by atoms with Gasteiger partial charge in [0.2, 0.25) is 0 Å². The summed E-state index contributed by atoms with van der Waals surface area (Å²) in [6.45, 7) is 20.2. The van der Waals surface area contributed by atoms with Crippen LogP contribution in [-0.4, -0.2) is 33.2 Å². The van der Waals surface area contributed by atoms with E-state index >= 15 is 0 Å². The van der Waals surface area contributed by atoms with E-state index in [1.54, 1.807) is 32.9 Å². The van der Waals surface area contributed by atoms with Crippen LogP contribution in [0.25, 0.3) is 0 Å². The van der Waals surface area contributed by atoms with Gasteiger partial charge < -0.3 is 15.3 Å². The van der Waals surface area contributed by atoms with Crippen LogP contribution in [0.4, 0.5) is 0 Å². The lowest BCUT2D eigenvalue weighted by atomic mass is 9.88. The van der Waals surface area contributed by atoms with Crippen molar-refractivity contribution < 1.29 is 29.7 Å². The predicted molar refractivity (Wildman–Crippen MR) is 109 cm³/mol. The lowest BCUT2D eigenvalue weighted by molar-refractivity contribution is -0.133. The highest BCUT2D eigenvalue weighted by Gasteiger charge is 2.15. The summed E-state index contributed by atoms with van der Waals surface area (Å²) >= 11 is 0. The topological polar surface area (TPSA) is 112 Å². The van der Waals surface area contributed by atoms with Gasteiger partial charge in [-0.05, 0) is 38.0 Å². The van der Waals surface area contributed by atoms with Gasteiger partial charge in [-0.1, -0.05) is 60.3 Å². The molecule has 0 saturated carbocycles. The fourth-order valence-electron chi connectivity index (χ4n) is 1.55. The number of aliphatic carboxylic acids is 3. The van der Waals surface area contributed by atoms with E-state index in [1.165, 1.54) is 0 Å². The summed E-state index contributed by atoms with van der Waals surface area (Å²) in [4.78, 5) is 30.4. The highest BCUT2D eigenvalue weighted by molar-refractivity contribution is 5.86. The van der Waals surface area contributed by atoms with Gasteiger partial charge >= 0.3 is 17.9 Å². The first kappa shape index (κ1) is 29.4. The zero-order valence-corrected chi connectivity index (χ0v) is 18.1. The van der Waals surface area contributed by atoms with Crippen LogP contribution >= 0.6 is 0 Å². The molecule has 0 atom stereocenters. The SMILES string of the molecule is C=C(CC(C)(C)C)C(=O)O.CC(=CC(C)(C)C)C(=O)O.CC=C(C)C(=O)O. The van der Waals surface area contributed by atoms with Crippen LogP contribution in [0.3, 0.4) is 0 Å². The summed E-state index contributed by atoms with van der Waals surface area (Å²) < 4.78 is 0. The van der Waals surface area contributed by atoms with E-state index in [0.29, 0.717) is 17.6 Å². The molecule has 0 aromatic rings. The Morgan fingerprint density at radius 2 is 1.19 bits per heavy atom. The number of rotatable bonds is 4. The van der Waals surface area contributed by atoms with Crippen molar-refractivity contribution >= 4 is 17.9 Å². The molecule has 0 spiro atoms. The highest BCUT2D eigenvalue weighted by Crippen LogP contribution is 2.22. The summed E-state index contributed by atoms with van der Waals surface area (Å²) in [5.74, 6) is -2.58. The van der Waals surface area contributed by atoms with Gasteiger partial charge in [-0.2, -0.15) is 0 Å². The smallest absolute Gasteiger partial charge is 0.330 e. The van der Waals surface area contributed by atoms with Gasteiger partial charge in [-0.3, -0.25) is 0 Å². The van der Waals surface area contributed by atoms with Crippen LogP contribution in [0.5, 0.6) is 0 Å². The largest absolute Gasteiger partial charge is 0.478 e. The fraction of sp³-hybridized carbons (Fsp3) is 0.571. The third-order valence-corrected chi connectivity index (χ3v) is 2.80. The normalized spacial score (nSPS) is 12.0. The van der Waals surface area contributed by atoms with Crippen molar-refractivity contribution in [3.05, 3.63) is 35.5 Å². The molecule has 0 bridgehead atoms. The lowest BCUT2D eigenvalue weighted by Gasteiger charge is -2.17. The Morgan fingerprint density at radius 3 is 1.26 bits per heavy atom. The monoisotopic (exact) mass is 384 g/mol. The zero-order chi connectivity index (χ0) is 22.6. The minimum atomic E-state index is -0.894. The summed E-state index contributed by atoms with van der Waals surface area (Å²) in [7, 11) is 0. The van der Waals surface area contributed by atoms with Crippen molar-refractivity contribution in [2.45, 2.75) is 68.7 Å². The highest BCUT2D eigenvalue weighted by atomic mass is 16.4. The number of carboxylic acids is 3. The predicted octanol–water partition coefficient (Wildman–Crippen LogP) is 5.16. The molecule has 0 radical (unpaired) electrons. The Balaban J connectivity index is -0.000000326. The molecule has 3 N–H and O–H groups in total. The molecule has 0 aromatic carbocycles. The van der Waals surface area contributed by atoms with Crippen molar-refractivity contribution in [2.75, 3.05) is 0 Å². The van der Waals surface area contributed by atoms with Gasteiger partial charge in [0.05, 0.1) is 0 Å². The molecule has 0 aliphatic carbocycles. The summed E-state index contributed by atoms with van der Waals surface area (Å²) in [5, 5.41) is 25.0. The molecule has 0 fully saturated rings. The Morgan fingerprint density at radius 1 is 0.815 bits per heavy atom. The third kappa shape index (κ3) is 23.6. The first-order chi connectivity index (χ1) is 11.8. The Kier molecular flexibility index (Phi) is 14.0. The lowest BCUT2D eigenvalue weighted by Crippen LogP contribution is -2.10. The summed E-state index contributed by atoms with van der Waals surface area (Å²) in [6, 6.07) is 0. The van der Waals surface area contributed by atoms with Crippen LogP contribution in [0.1, 0.15) is 68.7 Å². The molecule has 6 nitrogen and oxygen atoms in total. The van der Waals surface area contributed by atoms with Crippen molar-refractivity contribution in [2.24, 2.45) is 10.8 Å². The second-order valence-electron chi connectivity index (χ2n) is 8.42. The molecular weight excluding hydrogens is 348 g/mol. The third-order valence-electron chi connectivity index (χ3n) is 2.80. The van der Waals surface area contributed by atoms with Crippen LogP contribution < -0.4 is 0 Å². The van der Waals surface area contributed by atoms with E-state index < -0.39 is 17.9 Å². The van der Waals surface area contributed by atoms with Crippen molar-refractivity contribution in [1.29, 1.82) is 0 Å². The molecule has 0 heterocycles. The maximum absolute atomic E-state index is 10.3. The van der Waals surface area contributed by atoms with E-state index in [9.17, 15) is 14.4 Å². The van der Waals surface area contributed by atoms with Gasteiger partial charge in [-0.15, -0.1) is 0 Å². The molecule has 0 unspecified atom stereocenters. The number of hydrogen-bond acceptors (Lipinski definition) is 3. The van der Waals surface area contributed by atoms with Crippen molar-refractivity contribution in [1.82, 2.24) is 0 Å². The standard InChI is InChI=1S/2C8H14O2.C5H8O2/c2*1-6(7(9)10)5-8(2,3)4;1-3-4(2)5(6)7/h5H,1-4H3,(H,9,10);1,5H2,2-4H3,(H,9,10);3H,1-2H3,(H,6,7). The molecule has 156 valence electrons. The Hall–Kier alpha value is -2.37. The molecule has 27 heavy (non-hydrogen) atoms. The average molecular weight is 385 g/mol. The van der Waals surface area contributed by atoms with E-state index in [1.807, 2.05) is 41.5 Å². The maximum Gasteiger partial charge on any atom is 0.330 e. The van der Waals surface area contributed by atoms with Gasteiger partial charge in [0.1, 0.15) is 0 Å². The molecule has 0 aliphatic rings. The van der Waals surface area contributed by atoms with Gasteiger partial charge in [0, 0.05) is 16.7 Å². The molecule has 0 aromatic heterocycles. The van der Waals surface area contributed by atoms with E-state index in [2.05, 4.69) is 6.58 Å². The number of carbonyl (C=O) groups is 3. The van der Waals surface area contributed by atoms with Crippen LogP contribution in [0.15, 0.2) is 35.5 Å². The number of allylic oxidation sites excluding steroid dienone is 2. The van der Waals surface area contributed by atoms with E-state index in [-0.39, 0.29) is 16.4 Å². The quantitative estimate of drug-likeness (QED) is 0.577. The number of hydrogen-bond donors (Lipinski definition) is 3. The van der Waals surface area contributed by atoms with E-state index in [0.717, 1.165) is 0 Å². The molecule has 0 saturated heterocycles. The minimum Gasteiger partial charge on any atom is -0.478 e.